The van der Waals surface area contributed by atoms with Crippen LogP contribution in [0, 0.1) is 5.92 Å². The van der Waals surface area contributed by atoms with E-state index in [1.807, 2.05) is 47.4 Å². The summed E-state index contributed by atoms with van der Waals surface area (Å²) < 4.78 is 0. The number of nitrogens with zero attached hydrogens (tertiary/aromatic N) is 1. The van der Waals surface area contributed by atoms with E-state index in [-0.39, 0.29) is 17.9 Å². The molecule has 1 fully saturated rings. The number of amides is 2. The van der Waals surface area contributed by atoms with Crippen molar-refractivity contribution < 1.29 is 9.59 Å². The Bertz CT molecular complexity index is 769. The third-order valence-electron chi connectivity index (χ3n) is 4.98. The molecule has 1 aliphatic rings. The molecule has 3 rings (SSSR count). The molecular formula is C23H28N2O2. The predicted octanol–water partition coefficient (Wildman–Crippen LogP) is 4.33. The number of hydrogen-bond acceptors (Lipinski definition) is 2. The maximum Gasteiger partial charge on any atom is 0.251 e. The quantitative estimate of drug-likeness (QED) is 0.795. The first-order valence-electron chi connectivity index (χ1n) is 9.75. The van der Waals surface area contributed by atoms with Crippen LogP contribution in [0.15, 0.2) is 54.6 Å². The maximum atomic E-state index is 12.7. The zero-order chi connectivity index (χ0) is 19.2. The van der Waals surface area contributed by atoms with Crippen LogP contribution in [0.1, 0.15) is 60.6 Å². The van der Waals surface area contributed by atoms with Crippen LogP contribution in [-0.4, -0.2) is 23.3 Å². The van der Waals surface area contributed by atoms with Crippen molar-refractivity contribution in [1.29, 1.82) is 0 Å². The van der Waals surface area contributed by atoms with Crippen LogP contribution in [0.4, 0.5) is 0 Å². The maximum absolute atomic E-state index is 12.7. The highest BCUT2D eigenvalue weighted by molar-refractivity contribution is 5.94. The van der Waals surface area contributed by atoms with E-state index in [2.05, 4.69) is 31.3 Å². The largest absolute Gasteiger partial charge is 0.345 e. The van der Waals surface area contributed by atoms with Gasteiger partial charge in [-0.05, 0) is 42.0 Å². The third kappa shape index (κ3) is 5.19. The molecule has 1 N–H and O–H groups in total. The Morgan fingerprint density at radius 1 is 1.07 bits per heavy atom. The topological polar surface area (TPSA) is 49.4 Å². The molecule has 1 saturated heterocycles. The molecule has 4 nitrogen and oxygen atoms in total. The number of rotatable bonds is 7. The number of carbonyl (C=O) groups excluding carboxylic acids is 2. The fraction of sp³-hybridized carbons (Fsp3) is 0.391. The van der Waals surface area contributed by atoms with Crippen molar-refractivity contribution in [2.45, 2.75) is 45.7 Å². The van der Waals surface area contributed by atoms with Crippen molar-refractivity contribution in [3.63, 3.8) is 0 Å². The van der Waals surface area contributed by atoms with Gasteiger partial charge in [-0.15, -0.1) is 0 Å². The van der Waals surface area contributed by atoms with Crippen LogP contribution in [0.25, 0.3) is 0 Å². The van der Waals surface area contributed by atoms with Gasteiger partial charge in [-0.1, -0.05) is 56.3 Å². The molecule has 1 aliphatic heterocycles. The van der Waals surface area contributed by atoms with Crippen LogP contribution in [0.3, 0.4) is 0 Å². The van der Waals surface area contributed by atoms with E-state index >= 15 is 0 Å². The van der Waals surface area contributed by atoms with Crippen LogP contribution in [0.2, 0.25) is 0 Å². The Kier molecular flexibility index (Phi) is 6.28. The van der Waals surface area contributed by atoms with Crippen LogP contribution in [0.5, 0.6) is 0 Å². The van der Waals surface area contributed by atoms with E-state index in [1.54, 1.807) is 0 Å². The lowest BCUT2D eigenvalue weighted by Gasteiger charge is -2.21. The predicted molar refractivity (Wildman–Crippen MR) is 107 cm³/mol. The summed E-state index contributed by atoms with van der Waals surface area (Å²) in [5, 5.41) is 3.18. The first-order chi connectivity index (χ1) is 13.0. The summed E-state index contributed by atoms with van der Waals surface area (Å²) in [6, 6.07) is 17.7. The summed E-state index contributed by atoms with van der Waals surface area (Å²) in [6.07, 6.45) is 2.48. The molecule has 0 radical (unpaired) electrons. The van der Waals surface area contributed by atoms with E-state index in [9.17, 15) is 9.59 Å². The Morgan fingerprint density at radius 2 is 1.78 bits per heavy atom. The first kappa shape index (κ1) is 19.2. The highest BCUT2D eigenvalue weighted by Gasteiger charge is 2.20. The highest BCUT2D eigenvalue weighted by Crippen LogP contribution is 2.22. The first-order valence-corrected chi connectivity index (χ1v) is 9.75. The molecule has 0 aromatic heterocycles. The van der Waals surface area contributed by atoms with Crippen molar-refractivity contribution in [3.05, 3.63) is 71.3 Å². The normalized spacial score (nSPS) is 15.2. The van der Waals surface area contributed by atoms with Crippen molar-refractivity contribution >= 4 is 11.8 Å². The molecule has 1 atom stereocenters. The van der Waals surface area contributed by atoms with Crippen LogP contribution >= 0.6 is 0 Å². The van der Waals surface area contributed by atoms with E-state index < -0.39 is 0 Å². The van der Waals surface area contributed by atoms with Gasteiger partial charge in [0.1, 0.15) is 0 Å². The standard InChI is InChI=1S/C23H28N2O2/c1-17(2)15-21(19-7-4-3-5-8-19)24-23(27)20-12-10-18(11-13-20)16-25-14-6-9-22(25)26/h3-5,7-8,10-13,17,21H,6,9,14-16H2,1-2H3,(H,24,27). The minimum absolute atomic E-state index is 0.000554. The minimum Gasteiger partial charge on any atom is -0.345 e. The number of carbonyl (C=O) groups is 2. The summed E-state index contributed by atoms with van der Waals surface area (Å²) >= 11 is 0. The number of likely N-dealkylation sites (tertiary alicyclic amines) is 1. The second kappa shape index (κ2) is 8.85. The van der Waals surface area contributed by atoms with Gasteiger partial charge in [-0.2, -0.15) is 0 Å². The molecule has 2 aromatic carbocycles. The molecule has 1 heterocycles. The second-order valence-corrected chi connectivity index (χ2v) is 7.68. The molecule has 4 heteroatoms. The lowest BCUT2D eigenvalue weighted by molar-refractivity contribution is -0.128. The van der Waals surface area contributed by atoms with Crippen molar-refractivity contribution in [2.24, 2.45) is 5.92 Å². The second-order valence-electron chi connectivity index (χ2n) is 7.68. The Labute approximate surface area is 161 Å². The number of hydrogen-bond donors (Lipinski definition) is 1. The SMILES string of the molecule is CC(C)CC(NC(=O)c1ccc(CN2CCCC2=O)cc1)c1ccccc1. The molecule has 0 saturated carbocycles. The van der Waals surface area contributed by atoms with Gasteiger partial charge in [0.25, 0.3) is 5.91 Å². The van der Waals surface area contributed by atoms with E-state index in [0.717, 1.165) is 30.5 Å². The average Bonchev–Trinajstić information content (AvgIpc) is 3.07. The van der Waals surface area contributed by atoms with Gasteiger partial charge in [0.2, 0.25) is 5.91 Å². The van der Waals surface area contributed by atoms with Crippen molar-refractivity contribution in [1.82, 2.24) is 10.2 Å². The molecule has 142 valence electrons. The molecule has 0 spiro atoms. The van der Waals surface area contributed by atoms with E-state index in [0.29, 0.717) is 24.4 Å². The van der Waals surface area contributed by atoms with E-state index in [1.165, 1.54) is 0 Å². The smallest absolute Gasteiger partial charge is 0.251 e. The van der Waals surface area contributed by atoms with Gasteiger partial charge in [0, 0.05) is 25.1 Å². The average molecular weight is 364 g/mol. The molecule has 2 aromatic rings. The van der Waals surface area contributed by atoms with Gasteiger partial charge >= 0.3 is 0 Å². The minimum atomic E-state index is -0.0618. The Hall–Kier alpha value is -2.62. The van der Waals surface area contributed by atoms with Crippen LogP contribution < -0.4 is 5.32 Å². The fourth-order valence-electron chi connectivity index (χ4n) is 3.53. The lowest BCUT2D eigenvalue weighted by Crippen LogP contribution is -2.29. The number of benzene rings is 2. The zero-order valence-corrected chi connectivity index (χ0v) is 16.2. The Balaban J connectivity index is 1.66. The van der Waals surface area contributed by atoms with Crippen molar-refractivity contribution in [2.75, 3.05) is 6.54 Å². The summed E-state index contributed by atoms with van der Waals surface area (Å²) in [4.78, 5) is 26.4. The fourth-order valence-corrected chi connectivity index (χ4v) is 3.53. The molecule has 2 amide bonds. The summed E-state index contributed by atoms with van der Waals surface area (Å²) in [7, 11) is 0. The summed E-state index contributed by atoms with van der Waals surface area (Å²) in [5.74, 6) is 0.639. The monoisotopic (exact) mass is 364 g/mol. The van der Waals surface area contributed by atoms with Gasteiger partial charge in [-0.25, -0.2) is 0 Å². The molecule has 0 aliphatic carbocycles. The van der Waals surface area contributed by atoms with Gasteiger partial charge < -0.3 is 10.2 Å². The molecule has 0 bridgehead atoms. The van der Waals surface area contributed by atoms with Gasteiger partial charge in [0.05, 0.1) is 6.04 Å². The molecule has 27 heavy (non-hydrogen) atoms. The molecular weight excluding hydrogens is 336 g/mol. The summed E-state index contributed by atoms with van der Waals surface area (Å²) in [5.41, 5.74) is 2.84. The van der Waals surface area contributed by atoms with Crippen molar-refractivity contribution in [3.8, 4) is 0 Å². The third-order valence-corrected chi connectivity index (χ3v) is 4.98. The molecule has 1 unspecified atom stereocenters. The zero-order valence-electron chi connectivity index (χ0n) is 16.2. The van der Waals surface area contributed by atoms with Crippen LogP contribution in [-0.2, 0) is 11.3 Å². The van der Waals surface area contributed by atoms with Gasteiger partial charge in [-0.3, -0.25) is 9.59 Å². The summed E-state index contributed by atoms with van der Waals surface area (Å²) in [6.45, 7) is 5.78. The Morgan fingerprint density at radius 3 is 2.37 bits per heavy atom. The van der Waals surface area contributed by atoms with Gasteiger partial charge in [0.15, 0.2) is 0 Å². The highest BCUT2D eigenvalue weighted by atomic mass is 16.2. The number of nitrogens with one attached hydrogen (secondary N) is 1. The van der Waals surface area contributed by atoms with E-state index in [4.69, 9.17) is 0 Å². The lowest BCUT2D eigenvalue weighted by atomic mass is 9.96.